The highest BCUT2D eigenvalue weighted by Crippen LogP contribution is 2.17. The third kappa shape index (κ3) is 3.44. The Kier molecular flexibility index (Phi) is 5.01. The lowest BCUT2D eigenvalue weighted by atomic mass is 9.94. The Hall–Kier alpha value is -0.650. The van der Waals surface area contributed by atoms with Gasteiger partial charge in [-0.05, 0) is 13.5 Å². The molecule has 0 bridgehead atoms. The summed E-state index contributed by atoms with van der Waals surface area (Å²) < 4.78 is 4.75. The molecule has 2 N–H and O–H groups in total. The van der Waals surface area contributed by atoms with Gasteiger partial charge in [0.15, 0.2) is 0 Å². The summed E-state index contributed by atoms with van der Waals surface area (Å²) >= 11 is 0. The molecule has 0 spiro atoms. The van der Waals surface area contributed by atoms with Crippen LogP contribution in [0.2, 0.25) is 0 Å². The van der Waals surface area contributed by atoms with Gasteiger partial charge in [-0.15, -0.1) is 0 Å². The number of nitrogens with zero attached hydrogens (tertiary/aromatic N) is 1. The number of aliphatic hydroxyl groups is 1. The van der Waals surface area contributed by atoms with Crippen molar-refractivity contribution in [2.75, 3.05) is 40.4 Å². The standard InChI is InChI=1S/C10H20N2O3/c1-11-9-5-8(10(14)15-2)6-12(7-9)3-4-13/h8-9,11,13H,3-7H2,1-2H3. The van der Waals surface area contributed by atoms with E-state index in [1.807, 2.05) is 7.05 Å². The quantitative estimate of drug-likeness (QED) is 0.594. The fraction of sp³-hybridized carbons (Fsp3) is 0.900. The Labute approximate surface area is 90.4 Å². The van der Waals surface area contributed by atoms with Crippen LogP contribution in [-0.4, -0.2) is 62.4 Å². The Morgan fingerprint density at radius 3 is 2.87 bits per heavy atom. The van der Waals surface area contributed by atoms with E-state index in [1.54, 1.807) is 0 Å². The van der Waals surface area contributed by atoms with E-state index >= 15 is 0 Å². The summed E-state index contributed by atoms with van der Waals surface area (Å²) in [5, 5.41) is 12.1. The van der Waals surface area contributed by atoms with Gasteiger partial charge in [0, 0.05) is 25.7 Å². The maximum atomic E-state index is 11.4. The molecular weight excluding hydrogens is 196 g/mol. The molecule has 1 saturated heterocycles. The number of carbonyl (C=O) groups excluding carboxylic acids is 1. The normalized spacial score (nSPS) is 27.7. The molecule has 0 aromatic carbocycles. The molecule has 1 aliphatic rings. The van der Waals surface area contributed by atoms with Crippen LogP contribution in [0.25, 0.3) is 0 Å². The van der Waals surface area contributed by atoms with E-state index in [2.05, 4.69) is 10.2 Å². The molecule has 0 radical (unpaired) electrons. The number of hydrogen-bond acceptors (Lipinski definition) is 5. The molecule has 5 heteroatoms. The van der Waals surface area contributed by atoms with E-state index in [1.165, 1.54) is 7.11 Å². The number of carbonyl (C=O) groups is 1. The van der Waals surface area contributed by atoms with Gasteiger partial charge in [-0.1, -0.05) is 0 Å². The van der Waals surface area contributed by atoms with Crippen molar-refractivity contribution in [1.82, 2.24) is 10.2 Å². The van der Waals surface area contributed by atoms with E-state index < -0.39 is 0 Å². The fourth-order valence-electron chi connectivity index (χ4n) is 2.06. The zero-order chi connectivity index (χ0) is 11.3. The molecule has 2 unspecified atom stereocenters. The molecule has 5 nitrogen and oxygen atoms in total. The molecule has 0 aromatic rings. The second kappa shape index (κ2) is 6.05. The van der Waals surface area contributed by atoms with Crippen molar-refractivity contribution in [3.05, 3.63) is 0 Å². The van der Waals surface area contributed by atoms with Crippen LogP contribution in [-0.2, 0) is 9.53 Å². The van der Waals surface area contributed by atoms with Crippen LogP contribution in [0.15, 0.2) is 0 Å². The van der Waals surface area contributed by atoms with Gasteiger partial charge in [-0.3, -0.25) is 9.69 Å². The second-order valence-corrected chi connectivity index (χ2v) is 3.92. The van der Waals surface area contributed by atoms with Crippen molar-refractivity contribution >= 4 is 5.97 Å². The number of methoxy groups -OCH3 is 1. The molecule has 1 rings (SSSR count). The number of likely N-dealkylation sites (N-methyl/N-ethyl adjacent to an activating group) is 1. The smallest absolute Gasteiger partial charge is 0.310 e. The van der Waals surface area contributed by atoms with E-state index in [9.17, 15) is 4.79 Å². The van der Waals surface area contributed by atoms with Crippen molar-refractivity contribution in [3.63, 3.8) is 0 Å². The highest BCUT2D eigenvalue weighted by atomic mass is 16.5. The van der Waals surface area contributed by atoms with Gasteiger partial charge < -0.3 is 15.2 Å². The average molecular weight is 216 g/mol. The van der Waals surface area contributed by atoms with Gasteiger partial charge in [-0.2, -0.15) is 0 Å². The first-order chi connectivity index (χ1) is 7.21. The molecule has 0 aliphatic carbocycles. The number of esters is 1. The monoisotopic (exact) mass is 216 g/mol. The number of rotatable bonds is 4. The van der Waals surface area contributed by atoms with Crippen molar-refractivity contribution in [1.29, 1.82) is 0 Å². The summed E-state index contributed by atoms with van der Waals surface area (Å²) in [4.78, 5) is 13.5. The number of aliphatic hydroxyl groups excluding tert-OH is 1. The number of ether oxygens (including phenoxy) is 1. The van der Waals surface area contributed by atoms with E-state index in [-0.39, 0.29) is 18.5 Å². The molecule has 0 amide bonds. The van der Waals surface area contributed by atoms with Gasteiger partial charge in [-0.25, -0.2) is 0 Å². The topological polar surface area (TPSA) is 61.8 Å². The first-order valence-electron chi connectivity index (χ1n) is 5.29. The maximum absolute atomic E-state index is 11.4. The van der Waals surface area contributed by atoms with E-state index in [0.717, 1.165) is 13.0 Å². The van der Waals surface area contributed by atoms with Crippen LogP contribution in [0.1, 0.15) is 6.42 Å². The Morgan fingerprint density at radius 1 is 1.60 bits per heavy atom. The summed E-state index contributed by atoms with van der Waals surface area (Å²) in [6.07, 6.45) is 0.811. The first kappa shape index (κ1) is 12.4. The zero-order valence-corrected chi connectivity index (χ0v) is 9.40. The maximum Gasteiger partial charge on any atom is 0.310 e. The largest absolute Gasteiger partial charge is 0.469 e. The zero-order valence-electron chi connectivity index (χ0n) is 9.40. The summed E-state index contributed by atoms with van der Waals surface area (Å²) in [5.41, 5.74) is 0. The molecule has 2 atom stereocenters. The number of piperidine rings is 1. The average Bonchev–Trinajstić information content (AvgIpc) is 2.28. The van der Waals surface area contributed by atoms with Gasteiger partial charge in [0.05, 0.1) is 19.6 Å². The lowest BCUT2D eigenvalue weighted by molar-refractivity contribution is -0.147. The van der Waals surface area contributed by atoms with Crippen LogP contribution >= 0.6 is 0 Å². The van der Waals surface area contributed by atoms with Crippen molar-refractivity contribution in [2.45, 2.75) is 12.5 Å². The van der Waals surface area contributed by atoms with Crippen molar-refractivity contribution < 1.29 is 14.6 Å². The van der Waals surface area contributed by atoms with Gasteiger partial charge in [0.1, 0.15) is 0 Å². The van der Waals surface area contributed by atoms with Gasteiger partial charge in [0.25, 0.3) is 0 Å². The molecule has 0 saturated carbocycles. The first-order valence-corrected chi connectivity index (χ1v) is 5.29. The molecular formula is C10H20N2O3. The van der Waals surface area contributed by atoms with Crippen LogP contribution < -0.4 is 5.32 Å². The van der Waals surface area contributed by atoms with Crippen LogP contribution in [0.5, 0.6) is 0 Å². The molecule has 15 heavy (non-hydrogen) atoms. The lowest BCUT2D eigenvalue weighted by Gasteiger charge is -2.36. The minimum Gasteiger partial charge on any atom is -0.469 e. The van der Waals surface area contributed by atoms with Gasteiger partial charge >= 0.3 is 5.97 Å². The predicted octanol–water partition coefficient (Wildman–Crippen LogP) is -0.938. The highest BCUT2D eigenvalue weighted by Gasteiger charge is 2.31. The molecule has 1 fully saturated rings. The minimum atomic E-state index is -0.155. The summed E-state index contributed by atoms with van der Waals surface area (Å²) in [5.74, 6) is -0.231. The Balaban J connectivity index is 2.54. The molecule has 0 aromatic heterocycles. The van der Waals surface area contributed by atoms with Crippen molar-refractivity contribution in [3.8, 4) is 0 Å². The van der Waals surface area contributed by atoms with Crippen LogP contribution in [0.4, 0.5) is 0 Å². The number of nitrogens with one attached hydrogen (secondary N) is 1. The number of hydrogen-bond donors (Lipinski definition) is 2. The van der Waals surface area contributed by atoms with E-state index in [4.69, 9.17) is 9.84 Å². The molecule has 88 valence electrons. The number of β-amino-alcohol motifs (C(OH)–C–C–N with tert-alkyl or cyclic N) is 1. The predicted molar refractivity (Wildman–Crippen MR) is 56.5 cm³/mol. The third-order valence-corrected chi connectivity index (χ3v) is 2.89. The third-order valence-electron chi connectivity index (χ3n) is 2.89. The SMILES string of the molecule is CNC1CC(C(=O)OC)CN(CCO)C1. The summed E-state index contributed by atoms with van der Waals surface area (Å²) in [7, 11) is 3.31. The summed E-state index contributed by atoms with van der Waals surface area (Å²) in [6, 6.07) is 0.300. The van der Waals surface area contributed by atoms with E-state index in [0.29, 0.717) is 19.1 Å². The minimum absolute atomic E-state index is 0.0762. The Bertz CT molecular complexity index is 211. The highest BCUT2D eigenvalue weighted by molar-refractivity contribution is 5.72. The lowest BCUT2D eigenvalue weighted by Crippen LogP contribution is -2.50. The van der Waals surface area contributed by atoms with Crippen molar-refractivity contribution in [2.24, 2.45) is 5.92 Å². The molecule has 1 heterocycles. The number of likely N-dealkylation sites (tertiary alicyclic amines) is 1. The fourth-order valence-corrected chi connectivity index (χ4v) is 2.06. The van der Waals surface area contributed by atoms with Gasteiger partial charge in [0.2, 0.25) is 0 Å². The summed E-state index contributed by atoms with van der Waals surface area (Å²) in [6.45, 7) is 2.31. The van der Waals surface area contributed by atoms with Crippen LogP contribution in [0, 0.1) is 5.92 Å². The molecule has 1 aliphatic heterocycles. The van der Waals surface area contributed by atoms with Crippen LogP contribution in [0.3, 0.4) is 0 Å². The second-order valence-electron chi connectivity index (χ2n) is 3.92. The Morgan fingerprint density at radius 2 is 2.33 bits per heavy atom.